The number of benzene rings is 2. The van der Waals surface area contributed by atoms with Crippen molar-refractivity contribution in [3.05, 3.63) is 63.5 Å². The summed E-state index contributed by atoms with van der Waals surface area (Å²) < 4.78 is 46.0. The second-order valence-electron chi connectivity index (χ2n) is 9.88. The van der Waals surface area contributed by atoms with Gasteiger partial charge in [0.25, 0.3) is 5.91 Å². The number of halogens is 3. The molecule has 1 unspecified atom stereocenters. The van der Waals surface area contributed by atoms with Crippen LogP contribution in [0.15, 0.2) is 36.4 Å². The van der Waals surface area contributed by atoms with E-state index in [1.807, 2.05) is 32.3 Å². The minimum atomic E-state index is -4.76. The maximum Gasteiger partial charge on any atom is 0.573 e. The third-order valence-electron chi connectivity index (χ3n) is 6.66. The lowest BCUT2D eigenvalue weighted by Gasteiger charge is -2.23. The third-order valence-corrected chi connectivity index (χ3v) is 6.66. The molecule has 0 spiro atoms. The molecule has 1 N–H and O–H groups in total. The molecule has 0 bridgehead atoms. The predicted molar refractivity (Wildman–Crippen MR) is 152 cm³/mol. The topological polar surface area (TPSA) is 67.9 Å². The SMILES string of the molecule is C=c1ccc(C(=O)NCCOC)c(CC)/c1=C/N(C)CC(CCC)CCCC(=O)c1ccc(OC(F)(F)F)cc1. The first kappa shape index (κ1) is 32.9. The molecule has 220 valence electrons. The molecule has 9 heteroatoms. The first-order valence-electron chi connectivity index (χ1n) is 13.7. The van der Waals surface area contributed by atoms with Crippen LogP contribution in [0.3, 0.4) is 0 Å². The van der Waals surface area contributed by atoms with Crippen LogP contribution in [-0.4, -0.2) is 56.8 Å². The van der Waals surface area contributed by atoms with Gasteiger partial charge in [-0.1, -0.05) is 32.9 Å². The van der Waals surface area contributed by atoms with E-state index < -0.39 is 6.36 Å². The zero-order valence-corrected chi connectivity index (χ0v) is 23.9. The number of alkyl halides is 3. The van der Waals surface area contributed by atoms with Gasteiger partial charge in [-0.2, -0.15) is 0 Å². The van der Waals surface area contributed by atoms with Crippen molar-refractivity contribution in [2.75, 3.05) is 33.9 Å². The fourth-order valence-corrected chi connectivity index (χ4v) is 4.78. The molecule has 0 saturated heterocycles. The highest BCUT2D eigenvalue weighted by Crippen LogP contribution is 2.24. The fourth-order valence-electron chi connectivity index (χ4n) is 4.78. The van der Waals surface area contributed by atoms with E-state index in [1.54, 1.807) is 7.11 Å². The summed E-state index contributed by atoms with van der Waals surface area (Å²) in [6, 6.07) is 8.72. The number of rotatable bonds is 16. The van der Waals surface area contributed by atoms with Gasteiger partial charge in [0.05, 0.1) is 6.61 Å². The molecule has 0 heterocycles. The number of amides is 1. The van der Waals surface area contributed by atoms with Crippen LogP contribution in [0.5, 0.6) is 5.75 Å². The van der Waals surface area contributed by atoms with Crippen molar-refractivity contribution in [3.8, 4) is 5.75 Å². The second-order valence-corrected chi connectivity index (χ2v) is 9.88. The Balaban J connectivity index is 2.05. The summed E-state index contributed by atoms with van der Waals surface area (Å²) in [4.78, 5) is 27.5. The Bertz CT molecular complexity index is 1210. The molecular formula is C31H41F3N2O4. The van der Waals surface area contributed by atoms with Crippen LogP contribution < -0.4 is 20.5 Å². The van der Waals surface area contributed by atoms with E-state index in [-0.39, 0.29) is 17.4 Å². The summed E-state index contributed by atoms with van der Waals surface area (Å²) in [7, 11) is 3.59. The molecule has 0 aliphatic heterocycles. The highest BCUT2D eigenvalue weighted by molar-refractivity contribution is 5.96. The maximum absolute atomic E-state index is 12.8. The monoisotopic (exact) mass is 562 g/mol. The van der Waals surface area contributed by atoms with Crippen LogP contribution in [0.25, 0.3) is 12.8 Å². The van der Waals surface area contributed by atoms with E-state index in [9.17, 15) is 22.8 Å². The zero-order valence-electron chi connectivity index (χ0n) is 23.9. The predicted octanol–water partition coefficient (Wildman–Crippen LogP) is 5.07. The van der Waals surface area contributed by atoms with E-state index in [0.29, 0.717) is 49.5 Å². The highest BCUT2D eigenvalue weighted by atomic mass is 19.4. The molecule has 0 aliphatic carbocycles. The summed E-state index contributed by atoms with van der Waals surface area (Å²) in [5.41, 5.74) is 1.94. The number of hydrogen-bond acceptors (Lipinski definition) is 5. The van der Waals surface area contributed by atoms with E-state index in [2.05, 4.69) is 28.5 Å². The molecule has 40 heavy (non-hydrogen) atoms. The molecule has 0 saturated carbocycles. The van der Waals surface area contributed by atoms with Gasteiger partial charge < -0.3 is 19.7 Å². The third kappa shape index (κ3) is 10.7. The summed E-state index contributed by atoms with van der Waals surface area (Å²) in [5, 5.41) is 4.67. The van der Waals surface area contributed by atoms with E-state index in [4.69, 9.17) is 4.74 Å². The van der Waals surface area contributed by atoms with Gasteiger partial charge in [-0.15, -0.1) is 13.2 Å². The van der Waals surface area contributed by atoms with Gasteiger partial charge in [0.1, 0.15) is 5.75 Å². The number of nitrogens with zero attached hydrogens (tertiary/aromatic N) is 1. The lowest BCUT2D eigenvalue weighted by atomic mass is 9.94. The van der Waals surface area contributed by atoms with Gasteiger partial charge in [-0.3, -0.25) is 9.59 Å². The molecular weight excluding hydrogens is 521 g/mol. The summed E-state index contributed by atoms with van der Waals surface area (Å²) in [6.45, 7) is 9.98. The Kier molecular flexibility index (Phi) is 13.2. The Morgan fingerprint density at radius 2 is 1.80 bits per heavy atom. The fraction of sp³-hybridized carbons (Fsp3) is 0.484. The standard InChI is InChI=1S/C31H41F3N2O4/c1-6-9-23(10-8-11-29(37)24-13-15-25(16-14-24)40-31(32,33)34)20-36(4)21-28-22(3)12-17-27(26(28)7-2)30(38)35-18-19-39-5/h12-17,21,23H,3,6-11,18-20H2,1-2,4-5H3,(H,35,38)/b28-21+. The smallest absolute Gasteiger partial charge is 0.406 e. The van der Waals surface area contributed by atoms with Crippen LogP contribution in [0.1, 0.15) is 72.2 Å². The number of hydrogen-bond donors (Lipinski definition) is 1. The number of ether oxygens (including phenoxy) is 2. The Morgan fingerprint density at radius 3 is 2.40 bits per heavy atom. The maximum atomic E-state index is 12.8. The lowest BCUT2D eigenvalue weighted by molar-refractivity contribution is -0.274. The van der Waals surface area contributed by atoms with Gasteiger partial charge in [-0.25, -0.2) is 0 Å². The second kappa shape index (κ2) is 16.1. The normalized spacial score (nSPS) is 12.7. The Morgan fingerprint density at radius 1 is 1.10 bits per heavy atom. The Labute approximate surface area is 234 Å². The van der Waals surface area contributed by atoms with Gasteiger partial charge >= 0.3 is 6.36 Å². The molecule has 2 aromatic carbocycles. The Hall–Kier alpha value is -3.33. The minimum absolute atomic E-state index is 0.108. The van der Waals surface area contributed by atoms with Crippen LogP contribution in [0.2, 0.25) is 0 Å². The zero-order chi connectivity index (χ0) is 29.7. The van der Waals surface area contributed by atoms with Crippen molar-refractivity contribution in [3.63, 3.8) is 0 Å². The van der Waals surface area contributed by atoms with Crippen LogP contribution in [0, 0.1) is 5.92 Å². The van der Waals surface area contributed by atoms with E-state index in [0.717, 1.165) is 53.9 Å². The number of carbonyl (C=O) groups is 2. The molecule has 0 aromatic heterocycles. The van der Waals surface area contributed by atoms with Crippen LogP contribution >= 0.6 is 0 Å². The first-order chi connectivity index (χ1) is 19.0. The largest absolute Gasteiger partial charge is 0.573 e. The highest BCUT2D eigenvalue weighted by Gasteiger charge is 2.31. The minimum Gasteiger partial charge on any atom is -0.406 e. The summed E-state index contributed by atoms with van der Waals surface area (Å²) in [5.74, 6) is -0.244. The number of ketones is 1. The van der Waals surface area contributed by atoms with E-state index in [1.165, 1.54) is 12.1 Å². The number of Topliss-reactive ketones (excluding diaryl/α,β-unsaturated/α-hetero) is 1. The molecule has 0 radical (unpaired) electrons. The summed E-state index contributed by atoms with van der Waals surface area (Å²) in [6.07, 6.45) is 1.80. The van der Waals surface area contributed by atoms with Crippen molar-refractivity contribution < 1.29 is 32.2 Å². The number of methoxy groups -OCH3 is 1. The van der Waals surface area contributed by atoms with Crippen molar-refractivity contribution in [2.45, 2.75) is 58.7 Å². The van der Waals surface area contributed by atoms with E-state index >= 15 is 0 Å². The van der Waals surface area contributed by atoms with Crippen LogP contribution in [-0.2, 0) is 11.2 Å². The van der Waals surface area contributed by atoms with Crippen molar-refractivity contribution in [1.29, 1.82) is 0 Å². The van der Waals surface area contributed by atoms with Crippen molar-refractivity contribution >= 4 is 24.5 Å². The molecule has 1 amide bonds. The van der Waals surface area contributed by atoms with Gasteiger partial charge in [0.2, 0.25) is 0 Å². The molecule has 0 aliphatic rings. The lowest BCUT2D eigenvalue weighted by Crippen LogP contribution is -2.36. The van der Waals surface area contributed by atoms with Crippen molar-refractivity contribution in [2.24, 2.45) is 5.92 Å². The van der Waals surface area contributed by atoms with Crippen molar-refractivity contribution in [1.82, 2.24) is 10.2 Å². The van der Waals surface area contributed by atoms with Gasteiger partial charge in [0.15, 0.2) is 5.78 Å². The molecule has 1 atom stereocenters. The number of carbonyl (C=O) groups excluding carboxylic acids is 2. The number of nitrogens with one attached hydrogen (secondary N) is 1. The molecule has 6 nitrogen and oxygen atoms in total. The molecule has 0 fully saturated rings. The first-order valence-corrected chi connectivity index (χ1v) is 13.7. The quantitative estimate of drug-likeness (QED) is 0.229. The summed E-state index contributed by atoms with van der Waals surface area (Å²) >= 11 is 0. The van der Waals surface area contributed by atoms with Gasteiger partial charge in [0, 0.05) is 56.2 Å². The van der Waals surface area contributed by atoms with Crippen LogP contribution in [0.4, 0.5) is 13.2 Å². The molecule has 2 aromatic rings. The average molecular weight is 563 g/mol. The molecule has 2 rings (SSSR count). The van der Waals surface area contributed by atoms with Gasteiger partial charge in [-0.05, 0) is 72.7 Å². The average Bonchev–Trinajstić information content (AvgIpc) is 2.89.